The molecule has 1 aromatic heterocycles. The highest BCUT2D eigenvalue weighted by Crippen LogP contribution is 2.45. The lowest BCUT2D eigenvalue weighted by Crippen LogP contribution is -2.16. The van der Waals surface area contributed by atoms with Gasteiger partial charge >= 0.3 is 0 Å². The SMILES string of the molecule is CCCC1(C)CC(=O)C=C1c1nc2ccc(OC)cc2[nH]1. The third kappa shape index (κ3) is 2.35. The number of rotatable bonds is 4. The second-order valence-corrected chi connectivity index (χ2v) is 5.98. The maximum Gasteiger partial charge on any atom is 0.157 e. The van der Waals surface area contributed by atoms with Gasteiger partial charge in [-0.05, 0) is 24.6 Å². The van der Waals surface area contributed by atoms with Crippen LogP contribution in [0.3, 0.4) is 0 Å². The van der Waals surface area contributed by atoms with Gasteiger partial charge in [0.15, 0.2) is 5.78 Å². The summed E-state index contributed by atoms with van der Waals surface area (Å²) < 4.78 is 5.24. The molecule has 0 saturated heterocycles. The molecule has 0 saturated carbocycles. The lowest BCUT2D eigenvalue weighted by atomic mass is 9.79. The summed E-state index contributed by atoms with van der Waals surface area (Å²) >= 11 is 0. The Hall–Kier alpha value is -2.10. The lowest BCUT2D eigenvalue weighted by molar-refractivity contribution is -0.115. The van der Waals surface area contributed by atoms with E-state index >= 15 is 0 Å². The molecule has 0 spiro atoms. The van der Waals surface area contributed by atoms with Gasteiger partial charge in [-0.3, -0.25) is 4.79 Å². The van der Waals surface area contributed by atoms with Crippen LogP contribution in [0.2, 0.25) is 0 Å². The van der Waals surface area contributed by atoms with E-state index in [4.69, 9.17) is 4.74 Å². The molecule has 0 aliphatic heterocycles. The fourth-order valence-electron chi connectivity index (χ4n) is 3.24. The Kier molecular flexibility index (Phi) is 3.32. The molecule has 110 valence electrons. The van der Waals surface area contributed by atoms with Crippen LogP contribution in [-0.4, -0.2) is 22.9 Å². The number of hydrogen-bond acceptors (Lipinski definition) is 3. The molecule has 2 aromatic rings. The van der Waals surface area contributed by atoms with Crippen LogP contribution < -0.4 is 4.74 Å². The van der Waals surface area contributed by atoms with Crippen LogP contribution in [0.1, 0.15) is 38.9 Å². The first-order chi connectivity index (χ1) is 10.1. The van der Waals surface area contributed by atoms with Gasteiger partial charge in [0.2, 0.25) is 0 Å². The standard InChI is InChI=1S/C17H20N2O2/c1-4-7-17(2)10-11(20)8-13(17)16-18-14-6-5-12(21-3)9-15(14)19-16/h5-6,8-9H,4,7,10H2,1-3H3,(H,18,19). The van der Waals surface area contributed by atoms with Gasteiger partial charge in [0, 0.05) is 23.5 Å². The van der Waals surface area contributed by atoms with Crippen LogP contribution >= 0.6 is 0 Å². The molecule has 1 heterocycles. The van der Waals surface area contributed by atoms with E-state index in [0.717, 1.165) is 41.0 Å². The monoisotopic (exact) mass is 284 g/mol. The van der Waals surface area contributed by atoms with Gasteiger partial charge < -0.3 is 9.72 Å². The Labute approximate surface area is 124 Å². The summed E-state index contributed by atoms with van der Waals surface area (Å²) in [4.78, 5) is 19.9. The number of fused-ring (bicyclic) bond motifs is 1. The molecule has 21 heavy (non-hydrogen) atoms. The number of imidazole rings is 1. The Bertz CT molecular complexity index is 729. The molecule has 1 aromatic carbocycles. The molecular formula is C17H20N2O2. The van der Waals surface area contributed by atoms with Crippen LogP contribution in [0.4, 0.5) is 0 Å². The summed E-state index contributed by atoms with van der Waals surface area (Å²) in [5.41, 5.74) is 2.75. The summed E-state index contributed by atoms with van der Waals surface area (Å²) in [5, 5.41) is 0. The molecule has 1 unspecified atom stereocenters. The third-order valence-corrected chi connectivity index (χ3v) is 4.27. The first-order valence-corrected chi connectivity index (χ1v) is 7.35. The van der Waals surface area contributed by atoms with Crippen molar-refractivity contribution in [2.24, 2.45) is 5.41 Å². The van der Waals surface area contributed by atoms with E-state index in [9.17, 15) is 4.79 Å². The number of carbonyl (C=O) groups is 1. The lowest BCUT2D eigenvalue weighted by Gasteiger charge is -2.25. The zero-order valence-electron chi connectivity index (χ0n) is 12.7. The highest BCUT2D eigenvalue weighted by molar-refractivity contribution is 6.03. The van der Waals surface area contributed by atoms with E-state index in [-0.39, 0.29) is 11.2 Å². The van der Waals surface area contributed by atoms with Gasteiger partial charge in [-0.15, -0.1) is 0 Å². The smallest absolute Gasteiger partial charge is 0.157 e. The summed E-state index contributed by atoms with van der Waals surface area (Å²) in [6, 6.07) is 5.76. The van der Waals surface area contributed by atoms with E-state index in [2.05, 4.69) is 23.8 Å². The Balaban J connectivity index is 2.06. The zero-order chi connectivity index (χ0) is 15.0. The van der Waals surface area contributed by atoms with Gasteiger partial charge in [0.05, 0.1) is 18.1 Å². The summed E-state index contributed by atoms with van der Waals surface area (Å²) in [6.45, 7) is 4.30. The minimum absolute atomic E-state index is 0.107. The minimum Gasteiger partial charge on any atom is -0.497 e. The van der Waals surface area contributed by atoms with E-state index in [0.29, 0.717) is 6.42 Å². The molecule has 1 aliphatic rings. The number of H-pyrrole nitrogens is 1. The molecule has 0 amide bonds. The fourth-order valence-corrected chi connectivity index (χ4v) is 3.24. The maximum absolute atomic E-state index is 11.9. The van der Waals surface area contributed by atoms with Gasteiger partial charge in [0.1, 0.15) is 11.6 Å². The van der Waals surface area contributed by atoms with Crippen molar-refractivity contribution in [2.45, 2.75) is 33.1 Å². The molecule has 4 heteroatoms. The molecule has 1 aliphatic carbocycles. The quantitative estimate of drug-likeness (QED) is 0.930. The second kappa shape index (κ2) is 5.02. The molecule has 3 rings (SSSR count). The molecule has 0 radical (unpaired) electrons. The van der Waals surface area contributed by atoms with Gasteiger partial charge in [0.25, 0.3) is 0 Å². The maximum atomic E-state index is 11.9. The second-order valence-electron chi connectivity index (χ2n) is 5.98. The number of allylic oxidation sites excluding steroid dienone is 2. The average Bonchev–Trinajstić information content (AvgIpc) is 2.98. The molecule has 4 nitrogen and oxygen atoms in total. The van der Waals surface area contributed by atoms with Crippen molar-refractivity contribution in [3.63, 3.8) is 0 Å². The fraction of sp³-hybridized carbons (Fsp3) is 0.412. The number of ether oxygens (including phenoxy) is 1. The minimum atomic E-state index is -0.107. The van der Waals surface area contributed by atoms with Crippen LogP contribution in [-0.2, 0) is 4.79 Å². The van der Waals surface area contributed by atoms with Crippen LogP contribution in [0.5, 0.6) is 5.75 Å². The third-order valence-electron chi connectivity index (χ3n) is 4.27. The predicted octanol–water partition coefficient (Wildman–Crippen LogP) is 3.73. The van der Waals surface area contributed by atoms with Crippen molar-refractivity contribution < 1.29 is 9.53 Å². The van der Waals surface area contributed by atoms with Gasteiger partial charge in [-0.25, -0.2) is 4.98 Å². The van der Waals surface area contributed by atoms with E-state index in [1.54, 1.807) is 13.2 Å². The van der Waals surface area contributed by atoms with Crippen molar-refractivity contribution >= 4 is 22.4 Å². The molecular weight excluding hydrogens is 264 g/mol. The van der Waals surface area contributed by atoms with Crippen molar-refractivity contribution in [3.05, 3.63) is 30.1 Å². The number of hydrogen-bond donors (Lipinski definition) is 1. The molecule has 1 N–H and O–H groups in total. The zero-order valence-corrected chi connectivity index (χ0v) is 12.7. The number of ketones is 1. The van der Waals surface area contributed by atoms with Crippen LogP contribution in [0, 0.1) is 5.41 Å². The molecule has 0 fully saturated rings. The number of benzene rings is 1. The van der Waals surface area contributed by atoms with Crippen LogP contribution in [0.15, 0.2) is 24.3 Å². The van der Waals surface area contributed by atoms with Crippen molar-refractivity contribution in [2.75, 3.05) is 7.11 Å². The number of aromatic amines is 1. The van der Waals surface area contributed by atoms with E-state index in [1.807, 2.05) is 18.2 Å². The van der Waals surface area contributed by atoms with Crippen LogP contribution in [0.25, 0.3) is 16.6 Å². The summed E-state index contributed by atoms with van der Waals surface area (Å²) in [5.74, 6) is 1.80. The first kappa shape index (κ1) is 13.9. The number of aromatic nitrogens is 2. The van der Waals surface area contributed by atoms with E-state index < -0.39 is 0 Å². The normalized spacial score (nSPS) is 21.9. The Morgan fingerprint density at radius 1 is 1.43 bits per heavy atom. The van der Waals surface area contributed by atoms with Crippen molar-refractivity contribution in [1.82, 2.24) is 9.97 Å². The highest BCUT2D eigenvalue weighted by atomic mass is 16.5. The van der Waals surface area contributed by atoms with Gasteiger partial charge in [-0.1, -0.05) is 20.3 Å². The summed E-state index contributed by atoms with van der Waals surface area (Å²) in [6.07, 6.45) is 4.38. The van der Waals surface area contributed by atoms with Crippen molar-refractivity contribution in [1.29, 1.82) is 0 Å². The largest absolute Gasteiger partial charge is 0.497 e. The first-order valence-electron chi connectivity index (χ1n) is 7.35. The molecule has 0 bridgehead atoms. The number of methoxy groups -OCH3 is 1. The topological polar surface area (TPSA) is 55.0 Å². The number of carbonyl (C=O) groups excluding carboxylic acids is 1. The Morgan fingerprint density at radius 2 is 2.24 bits per heavy atom. The molecule has 1 atom stereocenters. The predicted molar refractivity (Wildman–Crippen MR) is 83.3 cm³/mol. The summed E-state index contributed by atoms with van der Waals surface area (Å²) in [7, 11) is 1.65. The van der Waals surface area contributed by atoms with Gasteiger partial charge in [-0.2, -0.15) is 0 Å². The highest BCUT2D eigenvalue weighted by Gasteiger charge is 2.38. The van der Waals surface area contributed by atoms with Crippen molar-refractivity contribution in [3.8, 4) is 5.75 Å². The van der Waals surface area contributed by atoms with E-state index in [1.165, 1.54) is 0 Å². The Morgan fingerprint density at radius 3 is 2.95 bits per heavy atom. The number of nitrogens with zero attached hydrogens (tertiary/aromatic N) is 1. The average molecular weight is 284 g/mol. The number of nitrogens with one attached hydrogen (secondary N) is 1.